The molecule has 0 spiro atoms. The molecule has 0 bridgehead atoms. The first-order chi connectivity index (χ1) is 64.7. The maximum absolute atomic E-state index is 13.1. The summed E-state index contributed by atoms with van der Waals surface area (Å²) in [5.41, 5.74) is 5.31. The third-order valence-corrected chi connectivity index (χ3v) is 30.2. The minimum absolute atomic E-state index is 0.0616. The number of amides is 5. The van der Waals surface area contributed by atoms with Gasteiger partial charge in [0.25, 0.3) is 29.5 Å². The molecule has 136 heavy (non-hydrogen) atoms. The van der Waals surface area contributed by atoms with Crippen molar-refractivity contribution in [1.29, 1.82) is 5.26 Å². The molecule has 4 aromatic heterocycles. The van der Waals surface area contributed by atoms with Crippen molar-refractivity contribution in [1.82, 2.24) is 62.9 Å². The van der Waals surface area contributed by atoms with Crippen LogP contribution in [0.2, 0.25) is 0 Å². The van der Waals surface area contributed by atoms with E-state index < -0.39 is 63.7 Å². The van der Waals surface area contributed by atoms with Gasteiger partial charge in [0, 0.05) is 117 Å². The second-order valence-corrected chi connectivity index (χ2v) is 42.8. The fourth-order valence-electron chi connectivity index (χ4n) is 16.7. The third-order valence-electron chi connectivity index (χ3n) is 22.8. The van der Waals surface area contributed by atoms with E-state index >= 15 is 0 Å². The maximum Gasteiger partial charge on any atom is 0.322 e. The molecule has 0 radical (unpaired) electrons. The second-order valence-electron chi connectivity index (χ2n) is 35.1. The molecule has 5 amide bonds. The molecule has 4 aliphatic heterocycles. The van der Waals surface area contributed by atoms with Crippen LogP contribution in [0.5, 0.6) is 11.5 Å². The highest BCUT2D eigenvalue weighted by atomic mass is 32.2. The molecule has 4 fully saturated rings. The lowest BCUT2D eigenvalue weighted by atomic mass is 9.94. The van der Waals surface area contributed by atoms with Gasteiger partial charge in [0.1, 0.15) is 11.5 Å². The van der Waals surface area contributed by atoms with E-state index in [1.54, 1.807) is 107 Å². The number of ether oxygens (including phenoxy) is 2. The van der Waals surface area contributed by atoms with Crippen LogP contribution in [0.25, 0.3) is 45.8 Å². The minimum atomic E-state index is -3.64. The molecule has 0 saturated carbocycles. The fourth-order valence-corrected chi connectivity index (χ4v) is 23.4. The summed E-state index contributed by atoms with van der Waals surface area (Å²) in [6.45, 7) is 22.3. The number of methoxy groups -OCH3 is 2. The molecule has 4 N–H and O–H groups in total. The number of piperidine rings is 4. The zero-order valence-electron chi connectivity index (χ0n) is 77.2. The van der Waals surface area contributed by atoms with Crippen molar-refractivity contribution in [2.45, 2.75) is 108 Å². The van der Waals surface area contributed by atoms with Gasteiger partial charge >= 0.3 is 24.1 Å². The molecule has 12 aromatic rings. The quantitative estimate of drug-likeness (QED) is 0.0462. The summed E-state index contributed by atoms with van der Waals surface area (Å²) in [4.78, 5) is 64.8. The number of anilines is 4. The van der Waals surface area contributed by atoms with E-state index in [2.05, 4.69) is 117 Å². The van der Waals surface area contributed by atoms with Gasteiger partial charge in [-0.05, 0) is 255 Å². The van der Waals surface area contributed by atoms with Crippen LogP contribution in [0.3, 0.4) is 0 Å². The Kier molecular flexibility index (Phi) is 31.9. The average Bonchev–Trinajstić information content (AvgIpc) is 1.75. The van der Waals surface area contributed by atoms with E-state index in [0.29, 0.717) is 145 Å². The molecular weight excluding hydrogens is 1830 g/mol. The van der Waals surface area contributed by atoms with Gasteiger partial charge in [0.05, 0.1) is 45.4 Å². The summed E-state index contributed by atoms with van der Waals surface area (Å²) in [6.07, 6.45) is 4.04. The zero-order chi connectivity index (χ0) is 97.7. The van der Waals surface area contributed by atoms with Crippen LogP contribution in [0.15, 0.2) is 225 Å². The van der Waals surface area contributed by atoms with Gasteiger partial charge in [0.15, 0.2) is 0 Å². The van der Waals surface area contributed by atoms with Gasteiger partial charge in [0.2, 0.25) is 63.7 Å². The molecule has 714 valence electrons. The number of nitriles is 1. The number of nitrogens with zero attached hydrogens (tertiary/aromatic N) is 14. The number of hydrogen-bond donors (Lipinski definition) is 4. The zero-order valence-corrected chi connectivity index (χ0v) is 80.4. The fraction of sp³-hybridized carbons (Fsp3) is 0.347. The Morgan fingerprint density at radius 2 is 0.618 bits per heavy atom. The summed E-state index contributed by atoms with van der Waals surface area (Å²) in [5, 5.41) is 50.3. The molecule has 8 aromatic carbocycles. The first-order valence-electron chi connectivity index (χ1n) is 43.9. The summed E-state index contributed by atoms with van der Waals surface area (Å²) in [5.74, 6) is 2.33. The topological polar surface area (TPSA) is 484 Å². The third kappa shape index (κ3) is 24.9. The molecular formula is C95H106N18O19S4. The molecule has 41 heteroatoms. The standard InChI is InChI=1S/C25H29N5O5S.C24H28N4O5S.C23H23N5O4S.C23H26N4O5S/c1-16-12-17(2)15-30(14-16)36(33,34)21-10-8-18(9-11-21)22(31)26-25-28-27-23(35-25)19-6-5-7-20(13-19)24(32)29(3)4;1-15-10-19(12-20(11-15)32-4)23-26-27-24(33-23)25-22(29)18-5-7-21(8-6-18)34(30,31)28-13-16(2)9-17(3)14-28;1-15-10-16(2)14-28(13-15)33(30,31)20-8-6-18(7-9-20)21(29)25-23-27-26-22(32-23)19-5-3-4-17(11-19)12-24;1-15-11-16(2)14-27(13-15)33(29,30)20-9-7-17(8-10-20)21(28)24-23-26-25-22(32-23)18-5-4-6-19(12-18)31-3/h5-11,13,16-17H,12,14-15H2,1-4H3,(H,26,28,31);5-8,10-12,16-17H,9,13-14H2,1-4H3,(H,25,27,29);3-9,11,15-16H,10,13-14H2,1-2H3,(H,25,27,29);4-10,12,15-16H,11,13-14H2,1-3H3,(H,24,26,28)/t2*16-,17+;2*15-,16+. The first kappa shape index (κ1) is 99.9. The van der Waals surface area contributed by atoms with Crippen LogP contribution in [0.1, 0.15) is 144 Å². The van der Waals surface area contributed by atoms with E-state index in [1.165, 1.54) is 119 Å². The first-order valence-corrected chi connectivity index (χ1v) is 49.6. The number of nitrogens with one attached hydrogen (secondary N) is 4. The van der Waals surface area contributed by atoms with Crippen molar-refractivity contribution in [2.75, 3.05) is 102 Å². The van der Waals surface area contributed by atoms with Crippen LogP contribution in [-0.2, 0) is 40.1 Å². The molecule has 37 nitrogen and oxygen atoms in total. The highest BCUT2D eigenvalue weighted by Crippen LogP contribution is 2.35. The van der Waals surface area contributed by atoms with Crippen LogP contribution in [0.4, 0.5) is 24.1 Å². The monoisotopic (exact) mass is 1930 g/mol. The van der Waals surface area contributed by atoms with Gasteiger partial charge < -0.3 is 32.0 Å². The second kappa shape index (κ2) is 43.4. The highest BCUT2D eigenvalue weighted by Gasteiger charge is 2.37. The van der Waals surface area contributed by atoms with Gasteiger partial charge in [-0.25, -0.2) is 33.7 Å². The van der Waals surface area contributed by atoms with Crippen LogP contribution >= 0.6 is 0 Å². The number of sulfonamides is 4. The van der Waals surface area contributed by atoms with Crippen molar-refractivity contribution in [3.05, 3.63) is 227 Å². The van der Waals surface area contributed by atoms with E-state index in [9.17, 15) is 57.6 Å². The van der Waals surface area contributed by atoms with E-state index in [1.807, 2.05) is 25.1 Å². The molecule has 8 atom stereocenters. The number of carbonyl (C=O) groups is 5. The van der Waals surface area contributed by atoms with Gasteiger partial charge in [-0.1, -0.05) is 94.0 Å². The number of carbonyl (C=O) groups excluding carboxylic acids is 5. The van der Waals surface area contributed by atoms with Crippen molar-refractivity contribution >= 4 is 93.7 Å². The predicted molar refractivity (Wildman–Crippen MR) is 504 cm³/mol. The Hall–Kier alpha value is -13.6. The van der Waals surface area contributed by atoms with Crippen molar-refractivity contribution in [2.24, 2.45) is 47.3 Å². The van der Waals surface area contributed by atoms with Crippen molar-refractivity contribution in [3.8, 4) is 63.4 Å². The van der Waals surface area contributed by atoms with Gasteiger partial charge in [-0.2, -0.15) is 22.5 Å². The lowest BCUT2D eigenvalue weighted by Crippen LogP contribution is -2.42. The molecule has 16 rings (SSSR count). The van der Waals surface area contributed by atoms with Crippen molar-refractivity contribution < 1.29 is 84.8 Å². The molecule has 8 heterocycles. The average molecular weight is 1930 g/mol. The number of aromatic nitrogens is 8. The smallest absolute Gasteiger partial charge is 0.322 e. The lowest BCUT2D eigenvalue weighted by molar-refractivity contribution is 0.0826. The van der Waals surface area contributed by atoms with Crippen molar-refractivity contribution in [3.63, 3.8) is 0 Å². The summed E-state index contributed by atoms with van der Waals surface area (Å²) < 4.78 is 143. The Morgan fingerprint density at radius 3 is 0.912 bits per heavy atom. The van der Waals surface area contributed by atoms with Gasteiger partial charge in [-0.3, -0.25) is 45.2 Å². The Labute approximate surface area is 789 Å². The molecule has 4 aliphatic rings. The molecule has 0 unspecified atom stereocenters. The SMILES string of the molecule is COc1cc(C)cc(-c2nnc(NC(=O)c3ccc(S(=O)(=O)N4C[C@H](C)C[C@H](C)C4)cc3)o2)c1.COc1cccc(-c2nnc(NC(=O)c3ccc(S(=O)(=O)N4C[C@H](C)C[C@H](C)C4)cc3)o2)c1.C[C@@H]1C[C@H](C)CN(S(=O)(=O)c2ccc(C(=O)Nc3nnc(-c4cccc(C#N)c4)o3)cc2)C1.C[C@@H]1C[C@H](C)CN(S(=O)(=O)c2ccc(C(=O)Nc3nnc(-c4cccc(C(=O)N(C)C)c4)o3)cc2)C1. The summed E-state index contributed by atoms with van der Waals surface area (Å²) in [7, 11) is -8.04. The number of rotatable bonds is 23. The summed E-state index contributed by atoms with van der Waals surface area (Å²) >= 11 is 0. The van der Waals surface area contributed by atoms with Crippen LogP contribution in [0, 0.1) is 65.6 Å². The maximum atomic E-state index is 13.1. The highest BCUT2D eigenvalue weighted by molar-refractivity contribution is 7.90. The lowest BCUT2D eigenvalue weighted by Gasteiger charge is -2.34. The number of benzene rings is 8. The Morgan fingerprint density at radius 1 is 0.346 bits per heavy atom. The van der Waals surface area contributed by atoms with E-state index in [0.717, 1.165) is 31.2 Å². The molecule has 0 aliphatic carbocycles. The van der Waals surface area contributed by atoms with Crippen LogP contribution < -0.4 is 30.7 Å². The normalized spacial score (nSPS) is 19.0. The van der Waals surface area contributed by atoms with Crippen LogP contribution in [-0.4, -0.2) is 207 Å². The van der Waals surface area contributed by atoms with E-state index in [4.69, 9.17) is 32.4 Å². The largest absolute Gasteiger partial charge is 0.497 e. The minimum Gasteiger partial charge on any atom is -0.497 e. The Bertz CT molecular complexity index is 6790. The van der Waals surface area contributed by atoms with E-state index in [-0.39, 0.29) is 95.4 Å². The Balaban J connectivity index is 0.000000153. The van der Waals surface area contributed by atoms with Gasteiger partial charge in [-0.15, -0.1) is 20.4 Å². The number of hydrogen-bond acceptors (Lipinski definition) is 28. The summed E-state index contributed by atoms with van der Waals surface area (Å²) in [6, 6.07) is 50.9. The number of aryl methyl sites for hydroxylation is 1. The molecule has 4 saturated heterocycles. The predicted octanol–water partition coefficient (Wildman–Crippen LogP) is 14.5.